The summed E-state index contributed by atoms with van der Waals surface area (Å²) in [5.41, 5.74) is 0.207. The number of likely N-dealkylation sites (tertiary alicyclic amines) is 1. The van der Waals surface area contributed by atoms with E-state index >= 15 is 0 Å². The maximum Gasteiger partial charge on any atom is 0.422 e. The molecule has 4 bridgehead atoms. The van der Waals surface area contributed by atoms with Crippen LogP contribution in [0, 0.1) is 23.2 Å². The van der Waals surface area contributed by atoms with Crippen molar-refractivity contribution >= 4 is 17.5 Å². The Morgan fingerprint density at radius 1 is 1.03 bits per heavy atom. The maximum atomic E-state index is 13.7. The van der Waals surface area contributed by atoms with E-state index in [1.54, 1.807) is 0 Å². The lowest BCUT2D eigenvalue weighted by Crippen LogP contribution is -2.56. The van der Waals surface area contributed by atoms with Gasteiger partial charge in [-0.25, -0.2) is 0 Å². The molecule has 174 valence electrons. The van der Waals surface area contributed by atoms with Gasteiger partial charge in [-0.2, -0.15) is 13.2 Å². The van der Waals surface area contributed by atoms with Gasteiger partial charge in [0.25, 0.3) is 0 Å². The molecule has 32 heavy (non-hydrogen) atoms. The second kappa shape index (κ2) is 7.96. The minimum absolute atomic E-state index is 0.0832. The van der Waals surface area contributed by atoms with E-state index < -0.39 is 18.8 Å². The Hall–Kier alpha value is -2.25. The lowest BCUT2D eigenvalue weighted by atomic mass is 9.49. The van der Waals surface area contributed by atoms with Crippen LogP contribution in [-0.2, 0) is 9.59 Å². The molecule has 1 aliphatic heterocycles. The normalized spacial score (nSPS) is 33.4. The highest BCUT2D eigenvalue weighted by Gasteiger charge is 2.56. The first-order valence-corrected chi connectivity index (χ1v) is 11.6. The van der Waals surface area contributed by atoms with Gasteiger partial charge in [0.05, 0.1) is 5.41 Å². The summed E-state index contributed by atoms with van der Waals surface area (Å²) >= 11 is 0. The van der Waals surface area contributed by atoms with Gasteiger partial charge in [-0.3, -0.25) is 9.59 Å². The highest BCUT2D eigenvalue weighted by atomic mass is 19.4. The second-order valence-corrected chi connectivity index (χ2v) is 10.3. The average Bonchev–Trinajstić information content (AvgIpc) is 3.21. The third-order valence-corrected chi connectivity index (χ3v) is 7.83. The monoisotopic (exact) mass is 450 g/mol. The number of ether oxygens (including phenoxy) is 1. The number of halogens is 3. The van der Waals surface area contributed by atoms with Crippen LogP contribution in [0.15, 0.2) is 24.3 Å². The minimum Gasteiger partial charge on any atom is -0.484 e. The van der Waals surface area contributed by atoms with Crippen LogP contribution in [0.3, 0.4) is 0 Å². The standard InChI is InChI=1S/C24H29F3N2O3/c25-24(26,27)14-32-19-5-3-18(4-6-19)28-21(30)20-2-1-7-29(20)22(31)23-11-15-8-16(12-23)10-17(9-15)13-23/h3-6,15-17,20H,1-2,7-14H2,(H,28,30). The SMILES string of the molecule is O=C(Nc1ccc(OCC(F)(F)F)cc1)C1CCCN1C(=O)C12CC3CC(CC(C3)C1)C2. The number of hydrogen-bond acceptors (Lipinski definition) is 3. The summed E-state index contributed by atoms with van der Waals surface area (Å²) in [4.78, 5) is 28.5. The van der Waals surface area contributed by atoms with Gasteiger partial charge >= 0.3 is 6.18 Å². The minimum atomic E-state index is -4.40. The predicted octanol–water partition coefficient (Wildman–Crippen LogP) is 4.77. The summed E-state index contributed by atoms with van der Waals surface area (Å²) in [6, 6.07) is 5.34. The molecule has 2 amide bonds. The summed E-state index contributed by atoms with van der Waals surface area (Å²) in [7, 11) is 0. The molecule has 4 aliphatic carbocycles. The molecule has 1 aromatic rings. The molecule has 1 unspecified atom stereocenters. The fourth-order valence-electron chi connectivity index (χ4n) is 6.98. The van der Waals surface area contributed by atoms with Gasteiger partial charge in [0.1, 0.15) is 11.8 Å². The Balaban J connectivity index is 1.23. The topological polar surface area (TPSA) is 58.6 Å². The number of hydrogen-bond donors (Lipinski definition) is 1. The van der Waals surface area contributed by atoms with Crippen LogP contribution < -0.4 is 10.1 Å². The van der Waals surface area contributed by atoms with Crippen LogP contribution in [0.25, 0.3) is 0 Å². The van der Waals surface area contributed by atoms with Crippen molar-refractivity contribution in [2.45, 2.75) is 63.6 Å². The zero-order valence-corrected chi connectivity index (χ0v) is 18.0. The molecular weight excluding hydrogens is 421 g/mol. The fourth-order valence-corrected chi connectivity index (χ4v) is 6.98. The molecule has 5 nitrogen and oxygen atoms in total. The van der Waals surface area contributed by atoms with Crippen molar-refractivity contribution in [3.63, 3.8) is 0 Å². The van der Waals surface area contributed by atoms with Crippen LogP contribution in [0.4, 0.5) is 18.9 Å². The maximum absolute atomic E-state index is 13.7. The fraction of sp³-hybridized carbons (Fsp3) is 0.667. The van der Waals surface area contributed by atoms with E-state index in [-0.39, 0.29) is 23.0 Å². The van der Waals surface area contributed by atoms with E-state index in [9.17, 15) is 22.8 Å². The highest BCUT2D eigenvalue weighted by Crippen LogP contribution is 2.60. The zero-order valence-electron chi connectivity index (χ0n) is 18.0. The number of rotatable bonds is 5. The molecule has 1 aromatic carbocycles. The molecule has 0 radical (unpaired) electrons. The lowest BCUT2D eigenvalue weighted by Gasteiger charge is -2.56. The molecule has 1 N–H and O–H groups in total. The average molecular weight is 451 g/mol. The number of anilines is 1. The van der Waals surface area contributed by atoms with Crippen LogP contribution in [0.1, 0.15) is 51.4 Å². The molecule has 4 saturated carbocycles. The van der Waals surface area contributed by atoms with Crippen molar-refractivity contribution < 1.29 is 27.5 Å². The highest BCUT2D eigenvalue weighted by molar-refractivity contribution is 5.98. The van der Waals surface area contributed by atoms with Crippen LogP contribution in [-0.4, -0.2) is 42.1 Å². The summed E-state index contributed by atoms with van der Waals surface area (Å²) < 4.78 is 41.6. The molecule has 0 aromatic heterocycles. The molecule has 1 atom stereocenters. The van der Waals surface area contributed by atoms with Gasteiger partial charge in [-0.05, 0) is 93.4 Å². The van der Waals surface area contributed by atoms with Crippen LogP contribution >= 0.6 is 0 Å². The molecule has 1 heterocycles. The molecule has 8 heteroatoms. The van der Waals surface area contributed by atoms with Gasteiger partial charge in [0.15, 0.2) is 6.61 Å². The third kappa shape index (κ3) is 4.20. The Labute approximate surface area is 185 Å². The van der Waals surface area contributed by atoms with Crippen molar-refractivity contribution in [1.82, 2.24) is 4.90 Å². The van der Waals surface area contributed by atoms with Gasteiger partial charge in [0, 0.05) is 12.2 Å². The molecular formula is C24H29F3N2O3. The van der Waals surface area contributed by atoms with E-state index in [4.69, 9.17) is 4.74 Å². The van der Waals surface area contributed by atoms with Crippen LogP contribution in [0.2, 0.25) is 0 Å². The molecule has 1 saturated heterocycles. The molecule has 5 aliphatic rings. The zero-order chi connectivity index (χ0) is 22.5. The summed E-state index contributed by atoms with van der Waals surface area (Å²) in [6.45, 7) is -0.745. The quantitative estimate of drug-likeness (QED) is 0.703. The van der Waals surface area contributed by atoms with E-state index in [0.717, 1.165) is 25.7 Å². The smallest absolute Gasteiger partial charge is 0.422 e. The Morgan fingerprint density at radius 3 is 2.19 bits per heavy atom. The third-order valence-electron chi connectivity index (χ3n) is 7.83. The number of nitrogens with zero attached hydrogens (tertiary/aromatic N) is 1. The number of carbonyl (C=O) groups is 2. The van der Waals surface area contributed by atoms with E-state index in [1.807, 2.05) is 4.90 Å². The Kier molecular flexibility index (Phi) is 5.37. The summed E-state index contributed by atoms with van der Waals surface area (Å²) in [6.07, 6.45) is 3.75. The van der Waals surface area contributed by atoms with Gasteiger partial charge < -0.3 is 15.0 Å². The first-order chi connectivity index (χ1) is 15.2. The van der Waals surface area contributed by atoms with Gasteiger partial charge in [-0.15, -0.1) is 0 Å². The first kappa shape index (κ1) is 21.6. The lowest BCUT2D eigenvalue weighted by molar-refractivity contribution is -0.160. The molecule has 0 spiro atoms. The van der Waals surface area contributed by atoms with Crippen molar-refractivity contribution in [1.29, 1.82) is 0 Å². The Morgan fingerprint density at radius 2 is 1.62 bits per heavy atom. The van der Waals surface area contributed by atoms with E-state index in [1.165, 1.54) is 43.5 Å². The Bertz CT molecular complexity index is 848. The predicted molar refractivity (Wildman–Crippen MR) is 112 cm³/mol. The summed E-state index contributed by atoms with van der Waals surface area (Å²) in [5.74, 6) is 2.02. The number of carbonyl (C=O) groups excluding carboxylic acids is 2. The number of nitrogens with one attached hydrogen (secondary N) is 1. The molecule has 6 rings (SSSR count). The number of benzene rings is 1. The van der Waals surface area contributed by atoms with E-state index in [0.29, 0.717) is 36.4 Å². The molecule has 5 fully saturated rings. The van der Waals surface area contributed by atoms with Crippen molar-refractivity contribution in [3.8, 4) is 5.75 Å². The van der Waals surface area contributed by atoms with Crippen molar-refractivity contribution in [2.24, 2.45) is 23.2 Å². The number of amides is 2. The van der Waals surface area contributed by atoms with E-state index in [2.05, 4.69) is 5.32 Å². The van der Waals surface area contributed by atoms with Gasteiger partial charge in [0.2, 0.25) is 11.8 Å². The second-order valence-electron chi connectivity index (χ2n) is 10.3. The number of alkyl halides is 3. The van der Waals surface area contributed by atoms with Crippen LogP contribution in [0.5, 0.6) is 5.75 Å². The van der Waals surface area contributed by atoms with Crippen molar-refractivity contribution in [2.75, 3.05) is 18.5 Å². The largest absolute Gasteiger partial charge is 0.484 e. The van der Waals surface area contributed by atoms with Crippen molar-refractivity contribution in [3.05, 3.63) is 24.3 Å². The first-order valence-electron chi connectivity index (χ1n) is 11.6. The summed E-state index contributed by atoms with van der Waals surface area (Å²) in [5, 5.41) is 2.83. The van der Waals surface area contributed by atoms with Gasteiger partial charge in [-0.1, -0.05) is 0 Å².